The molecule has 1 aliphatic carbocycles. The van der Waals surface area contributed by atoms with Gasteiger partial charge in [-0.05, 0) is 68.0 Å². The first-order valence-corrected chi connectivity index (χ1v) is 8.84. The van der Waals surface area contributed by atoms with Gasteiger partial charge in [0.1, 0.15) is 11.9 Å². The van der Waals surface area contributed by atoms with Crippen LogP contribution in [0.2, 0.25) is 0 Å². The van der Waals surface area contributed by atoms with Crippen molar-refractivity contribution in [2.24, 2.45) is 0 Å². The highest BCUT2D eigenvalue weighted by molar-refractivity contribution is 5.90. The van der Waals surface area contributed by atoms with Crippen LogP contribution in [0.1, 0.15) is 43.0 Å². The van der Waals surface area contributed by atoms with Gasteiger partial charge in [-0.1, -0.05) is 24.3 Å². The summed E-state index contributed by atoms with van der Waals surface area (Å²) in [5.41, 5.74) is 2.39. The number of rotatable bonds is 5. The van der Waals surface area contributed by atoms with Gasteiger partial charge in [0.2, 0.25) is 0 Å². The number of carbonyl (C=O) groups excluding carboxylic acids is 1. The Morgan fingerprint density at radius 3 is 2.00 bits per heavy atom. The monoisotopic (exact) mass is 342 g/mol. The molecule has 0 bridgehead atoms. The van der Waals surface area contributed by atoms with Crippen molar-refractivity contribution < 1.29 is 18.7 Å². The highest BCUT2D eigenvalue weighted by Crippen LogP contribution is 2.25. The van der Waals surface area contributed by atoms with Crippen molar-refractivity contribution >= 4 is 5.97 Å². The fraction of sp³-hybridized carbons (Fsp3) is 0.381. The maximum Gasteiger partial charge on any atom is 0.338 e. The number of esters is 1. The minimum absolute atomic E-state index is 0.0269. The van der Waals surface area contributed by atoms with Gasteiger partial charge in [-0.25, -0.2) is 9.18 Å². The van der Waals surface area contributed by atoms with Crippen LogP contribution in [0.5, 0.6) is 0 Å². The van der Waals surface area contributed by atoms with Crippen molar-refractivity contribution in [1.29, 1.82) is 0 Å². The lowest BCUT2D eigenvalue weighted by Gasteiger charge is -2.28. The molecule has 132 valence electrons. The summed E-state index contributed by atoms with van der Waals surface area (Å²) in [7, 11) is 0. The summed E-state index contributed by atoms with van der Waals surface area (Å²) >= 11 is 0. The van der Waals surface area contributed by atoms with Crippen molar-refractivity contribution in [3.8, 4) is 11.1 Å². The predicted molar refractivity (Wildman–Crippen MR) is 94.9 cm³/mol. The highest BCUT2D eigenvalue weighted by Gasteiger charge is 2.24. The normalized spacial score (nSPS) is 20.2. The third kappa shape index (κ3) is 4.67. The highest BCUT2D eigenvalue weighted by atomic mass is 19.1. The Bertz CT molecular complexity index is 686. The van der Waals surface area contributed by atoms with Crippen molar-refractivity contribution in [2.75, 3.05) is 6.61 Å². The number of benzene rings is 2. The second-order valence-corrected chi connectivity index (χ2v) is 6.34. The van der Waals surface area contributed by atoms with Crippen LogP contribution in [0.4, 0.5) is 4.39 Å². The van der Waals surface area contributed by atoms with Crippen LogP contribution in [0.3, 0.4) is 0 Å². The molecule has 25 heavy (non-hydrogen) atoms. The van der Waals surface area contributed by atoms with Gasteiger partial charge >= 0.3 is 5.97 Å². The molecule has 0 aliphatic heterocycles. The lowest BCUT2D eigenvalue weighted by atomic mass is 9.95. The van der Waals surface area contributed by atoms with Gasteiger partial charge in [-0.2, -0.15) is 0 Å². The Morgan fingerprint density at radius 1 is 0.920 bits per heavy atom. The molecule has 0 spiro atoms. The molecule has 2 aromatic rings. The van der Waals surface area contributed by atoms with E-state index in [4.69, 9.17) is 9.47 Å². The molecule has 3 nitrogen and oxygen atoms in total. The molecule has 3 rings (SSSR count). The first kappa shape index (κ1) is 17.6. The van der Waals surface area contributed by atoms with E-state index in [2.05, 4.69) is 0 Å². The van der Waals surface area contributed by atoms with Crippen molar-refractivity contribution in [2.45, 2.75) is 44.8 Å². The zero-order chi connectivity index (χ0) is 17.6. The van der Waals surface area contributed by atoms with Crippen LogP contribution in [0.25, 0.3) is 11.1 Å². The van der Waals surface area contributed by atoms with Gasteiger partial charge in [0.25, 0.3) is 0 Å². The van der Waals surface area contributed by atoms with Crippen LogP contribution in [-0.4, -0.2) is 24.8 Å². The molecule has 1 fully saturated rings. The van der Waals surface area contributed by atoms with Crippen LogP contribution in [-0.2, 0) is 9.47 Å². The molecule has 0 aromatic heterocycles. The molecule has 0 unspecified atom stereocenters. The zero-order valence-electron chi connectivity index (χ0n) is 14.4. The second-order valence-electron chi connectivity index (χ2n) is 6.34. The molecule has 1 aliphatic rings. The minimum Gasteiger partial charge on any atom is -0.459 e. The molecule has 4 heteroatoms. The number of hydrogen-bond acceptors (Lipinski definition) is 3. The molecular formula is C21H23FO3. The Balaban J connectivity index is 1.57. The van der Waals surface area contributed by atoms with Gasteiger partial charge in [0.05, 0.1) is 11.7 Å². The third-order valence-corrected chi connectivity index (χ3v) is 4.60. The molecule has 0 N–H and O–H groups in total. The average Bonchev–Trinajstić information content (AvgIpc) is 2.64. The molecule has 0 atom stereocenters. The summed E-state index contributed by atoms with van der Waals surface area (Å²) in [5.74, 6) is -0.548. The van der Waals surface area contributed by atoms with Crippen molar-refractivity contribution in [3.05, 3.63) is 59.9 Å². The van der Waals surface area contributed by atoms with Crippen LogP contribution < -0.4 is 0 Å². The van der Waals surface area contributed by atoms with Crippen molar-refractivity contribution in [3.63, 3.8) is 0 Å². The number of carbonyl (C=O) groups is 1. The van der Waals surface area contributed by atoms with E-state index in [-0.39, 0.29) is 17.9 Å². The van der Waals surface area contributed by atoms with Gasteiger partial charge in [0.15, 0.2) is 0 Å². The average molecular weight is 342 g/mol. The Kier molecular flexibility index (Phi) is 5.82. The Hall–Kier alpha value is -2.20. The summed E-state index contributed by atoms with van der Waals surface area (Å²) in [6.45, 7) is 2.73. The Morgan fingerprint density at radius 2 is 1.44 bits per heavy atom. The van der Waals surface area contributed by atoms with E-state index in [1.807, 2.05) is 19.1 Å². The summed E-state index contributed by atoms with van der Waals surface area (Å²) in [5, 5.41) is 0. The summed E-state index contributed by atoms with van der Waals surface area (Å²) in [4.78, 5) is 12.3. The fourth-order valence-electron chi connectivity index (χ4n) is 3.21. The zero-order valence-corrected chi connectivity index (χ0v) is 14.4. The van der Waals surface area contributed by atoms with E-state index >= 15 is 0 Å². The molecule has 0 saturated heterocycles. The van der Waals surface area contributed by atoms with Crippen LogP contribution in [0.15, 0.2) is 48.5 Å². The van der Waals surface area contributed by atoms with E-state index in [0.29, 0.717) is 11.7 Å². The number of halogens is 1. The van der Waals surface area contributed by atoms with Gasteiger partial charge in [-0.15, -0.1) is 0 Å². The van der Waals surface area contributed by atoms with Gasteiger partial charge in [-0.3, -0.25) is 0 Å². The first-order valence-electron chi connectivity index (χ1n) is 8.84. The van der Waals surface area contributed by atoms with Crippen LogP contribution >= 0.6 is 0 Å². The standard InChI is InChI=1S/C21H23FO3/c1-2-24-19-11-13-20(14-12-19)25-21(23)17-5-3-15(4-6-17)16-7-9-18(22)10-8-16/h3-10,19-20H,2,11-14H2,1H3. The number of ether oxygens (including phenoxy) is 2. The van der Waals surface area contributed by atoms with E-state index in [1.165, 1.54) is 12.1 Å². The third-order valence-electron chi connectivity index (χ3n) is 4.60. The predicted octanol–water partition coefficient (Wildman–Crippen LogP) is 5.00. The maximum atomic E-state index is 13.0. The molecular weight excluding hydrogens is 319 g/mol. The molecule has 0 amide bonds. The molecule has 2 aromatic carbocycles. The molecule has 0 heterocycles. The van der Waals surface area contributed by atoms with Gasteiger partial charge < -0.3 is 9.47 Å². The molecule has 1 saturated carbocycles. The van der Waals surface area contributed by atoms with Crippen molar-refractivity contribution in [1.82, 2.24) is 0 Å². The van der Waals surface area contributed by atoms with Crippen LogP contribution in [0, 0.1) is 5.82 Å². The lowest BCUT2D eigenvalue weighted by Crippen LogP contribution is -2.28. The largest absolute Gasteiger partial charge is 0.459 e. The molecule has 0 radical (unpaired) electrons. The van der Waals surface area contributed by atoms with Gasteiger partial charge in [0, 0.05) is 6.61 Å². The minimum atomic E-state index is -0.287. The summed E-state index contributed by atoms with van der Waals surface area (Å²) in [6, 6.07) is 13.5. The lowest BCUT2D eigenvalue weighted by molar-refractivity contribution is -0.0163. The van der Waals surface area contributed by atoms with E-state index in [9.17, 15) is 9.18 Å². The van der Waals surface area contributed by atoms with E-state index in [1.54, 1.807) is 24.3 Å². The fourth-order valence-corrected chi connectivity index (χ4v) is 3.21. The quantitative estimate of drug-likeness (QED) is 0.718. The Labute approximate surface area is 147 Å². The smallest absolute Gasteiger partial charge is 0.338 e. The summed E-state index contributed by atoms with van der Waals surface area (Å²) in [6.07, 6.45) is 3.86. The topological polar surface area (TPSA) is 35.5 Å². The van der Waals surface area contributed by atoms with E-state index in [0.717, 1.165) is 43.4 Å². The maximum absolute atomic E-state index is 13.0. The SMILES string of the molecule is CCOC1CCC(OC(=O)c2ccc(-c3ccc(F)cc3)cc2)CC1. The first-order chi connectivity index (χ1) is 12.2. The number of hydrogen-bond donors (Lipinski definition) is 0. The second kappa shape index (κ2) is 8.26. The summed E-state index contributed by atoms with van der Waals surface area (Å²) < 4.78 is 24.2. The van der Waals surface area contributed by atoms with E-state index < -0.39 is 0 Å².